The molecule has 6 heteroatoms. The zero-order valence-corrected chi connectivity index (χ0v) is 20.2. The molecule has 1 fully saturated rings. The molecule has 2 rings (SSSR count). The Balaban J connectivity index is 2.43. The van der Waals surface area contributed by atoms with Crippen LogP contribution in [0.2, 0.25) is 0 Å². The molecule has 3 amide bonds. The Labute approximate surface area is 197 Å². The van der Waals surface area contributed by atoms with Crippen LogP contribution in [0.4, 0.5) is 0 Å². The van der Waals surface area contributed by atoms with Crippen LogP contribution in [0.1, 0.15) is 52.4 Å². The lowest BCUT2D eigenvalue weighted by Crippen LogP contribution is -2.60. The highest BCUT2D eigenvalue weighted by Crippen LogP contribution is 2.33. The fraction of sp³-hybridized carbons (Fsp3) is 0.444. The van der Waals surface area contributed by atoms with Crippen molar-refractivity contribution in [2.24, 2.45) is 5.92 Å². The lowest BCUT2D eigenvalue weighted by molar-refractivity contribution is -0.137. The minimum Gasteiger partial charge on any atom is -0.342 e. The molecule has 1 saturated carbocycles. The van der Waals surface area contributed by atoms with Crippen LogP contribution in [-0.4, -0.2) is 41.2 Å². The molecule has 1 unspecified atom stereocenters. The molecule has 6 nitrogen and oxygen atoms in total. The number of rotatable bonds is 10. The Kier molecular flexibility index (Phi) is 8.80. The number of likely N-dealkylation sites (N-methyl/N-ethyl adjacent to an activating group) is 1. The van der Waals surface area contributed by atoms with Gasteiger partial charge in [-0.25, -0.2) is 0 Å². The van der Waals surface area contributed by atoms with Crippen molar-refractivity contribution >= 4 is 17.7 Å². The van der Waals surface area contributed by atoms with Crippen molar-refractivity contribution in [3.05, 3.63) is 73.0 Å². The van der Waals surface area contributed by atoms with Crippen molar-refractivity contribution in [3.63, 3.8) is 0 Å². The molecular formula is C27H37N3O3. The molecule has 0 bridgehead atoms. The van der Waals surface area contributed by atoms with Gasteiger partial charge < -0.3 is 15.5 Å². The van der Waals surface area contributed by atoms with Gasteiger partial charge in [-0.15, -0.1) is 0 Å². The van der Waals surface area contributed by atoms with Crippen molar-refractivity contribution in [1.82, 2.24) is 15.5 Å². The predicted molar refractivity (Wildman–Crippen MR) is 133 cm³/mol. The first kappa shape index (κ1) is 26.1. The van der Waals surface area contributed by atoms with E-state index in [-0.39, 0.29) is 17.7 Å². The third-order valence-electron chi connectivity index (χ3n) is 6.44. The topological polar surface area (TPSA) is 78.5 Å². The first-order valence-corrected chi connectivity index (χ1v) is 11.5. The van der Waals surface area contributed by atoms with E-state index >= 15 is 0 Å². The molecule has 0 radical (unpaired) electrons. The monoisotopic (exact) mass is 451 g/mol. The lowest BCUT2D eigenvalue weighted by atomic mass is 9.92. The average Bonchev–Trinajstić information content (AvgIpc) is 3.24. The fourth-order valence-corrected chi connectivity index (χ4v) is 4.54. The van der Waals surface area contributed by atoms with E-state index in [9.17, 15) is 14.4 Å². The molecule has 2 N–H and O–H groups in total. The molecule has 2 aliphatic rings. The maximum Gasteiger partial charge on any atom is 0.253 e. The summed E-state index contributed by atoms with van der Waals surface area (Å²) in [5.74, 6) is -0.425. The third kappa shape index (κ3) is 5.44. The Hall–Kier alpha value is -3.15. The highest BCUT2D eigenvalue weighted by molar-refractivity contribution is 5.98. The molecule has 0 aromatic rings. The smallest absolute Gasteiger partial charge is 0.253 e. The number of carbonyl (C=O) groups excluding carboxylic acids is 3. The maximum absolute atomic E-state index is 13.6. The van der Waals surface area contributed by atoms with Crippen molar-refractivity contribution < 1.29 is 14.4 Å². The Morgan fingerprint density at radius 1 is 1.06 bits per heavy atom. The third-order valence-corrected chi connectivity index (χ3v) is 6.44. The van der Waals surface area contributed by atoms with Gasteiger partial charge in [0.2, 0.25) is 11.8 Å². The number of amides is 3. The molecule has 0 aromatic heterocycles. The minimum absolute atomic E-state index is 0.138. The lowest BCUT2D eigenvalue weighted by Gasteiger charge is -2.32. The van der Waals surface area contributed by atoms with Crippen LogP contribution in [0.3, 0.4) is 0 Å². The zero-order valence-electron chi connectivity index (χ0n) is 20.2. The predicted octanol–water partition coefficient (Wildman–Crippen LogP) is 4.10. The standard InChI is InChI=1S/C27H37N3O3/c1-8-19-20(9-2)22(11-4)30(7)25(32)24(21(19)10-3)28-26(33)27(16-12-13-17-27)29-23(31)15-14-18(5)6/h8-11,18,24H,1-4,12-17H2,5-7H3,(H,28,33)(H,29,31). The largest absolute Gasteiger partial charge is 0.342 e. The van der Waals surface area contributed by atoms with Gasteiger partial charge in [-0.1, -0.05) is 71.2 Å². The van der Waals surface area contributed by atoms with Gasteiger partial charge in [0.05, 0.1) is 5.70 Å². The van der Waals surface area contributed by atoms with Gasteiger partial charge in [0, 0.05) is 19.0 Å². The molecule has 33 heavy (non-hydrogen) atoms. The van der Waals surface area contributed by atoms with E-state index in [1.54, 1.807) is 31.4 Å². The van der Waals surface area contributed by atoms with E-state index in [1.807, 2.05) is 0 Å². The second kappa shape index (κ2) is 11.1. The molecule has 1 aliphatic heterocycles. The van der Waals surface area contributed by atoms with E-state index in [4.69, 9.17) is 0 Å². The van der Waals surface area contributed by atoms with Crippen LogP contribution in [0.15, 0.2) is 73.0 Å². The van der Waals surface area contributed by atoms with Crippen molar-refractivity contribution in [2.45, 2.75) is 64.0 Å². The summed E-state index contributed by atoms with van der Waals surface area (Å²) in [5, 5.41) is 5.93. The Morgan fingerprint density at radius 3 is 2.15 bits per heavy atom. The molecule has 178 valence electrons. The summed E-state index contributed by atoms with van der Waals surface area (Å²) in [7, 11) is 1.63. The maximum atomic E-state index is 13.6. The molecule has 0 aromatic carbocycles. The quantitative estimate of drug-likeness (QED) is 0.525. The van der Waals surface area contributed by atoms with E-state index in [1.165, 1.54) is 4.90 Å². The van der Waals surface area contributed by atoms with Gasteiger partial charge in [-0.05, 0) is 42.4 Å². The summed E-state index contributed by atoms with van der Waals surface area (Å²) >= 11 is 0. The average molecular weight is 452 g/mol. The van der Waals surface area contributed by atoms with Gasteiger partial charge in [0.1, 0.15) is 11.6 Å². The second-order valence-corrected chi connectivity index (χ2v) is 9.06. The van der Waals surface area contributed by atoms with Gasteiger partial charge in [0.15, 0.2) is 0 Å². The molecule has 0 saturated heterocycles. The number of nitrogens with one attached hydrogen (secondary N) is 2. The van der Waals surface area contributed by atoms with Crippen LogP contribution in [0.25, 0.3) is 0 Å². The minimum atomic E-state index is -1.02. The summed E-state index contributed by atoms with van der Waals surface area (Å²) in [6.07, 6.45) is 10.3. The van der Waals surface area contributed by atoms with Gasteiger partial charge in [-0.2, -0.15) is 0 Å². The van der Waals surface area contributed by atoms with Crippen molar-refractivity contribution in [3.8, 4) is 0 Å². The molecule has 1 atom stereocenters. The molecule has 0 spiro atoms. The van der Waals surface area contributed by atoms with Crippen LogP contribution in [0.5, 0.6) is 0 Å². The van der Waals surface area contributed by atoms with E-state index < -0.39 is 11.6 Å². The summed E-state index contributed by atoms with van der Waals surface area (Å²) in [6, 6.07) is -0.981. The van der Waals surface area contributed by atoms with Gasteiger partial charge in [0.25, 0.3) is 5.91 Å². The van der Waals surface area contributed by atoms with Crippen LogP contribution < -0.4 is 10.6 Å². The van der Waals surface area contributed by atoms with Crippen molar-refractivity contribution in [2.75, 3.05) is 7.05 Å². The Morgan fingerprint density at radius 2 is 1.67 bits per heavy atom. The summed E-state index contributed by atoms with van der Waals surface area (Å²) in [4.78, 5) is 41.1. The summed E-state index contributed by atoms with van der Waals surface area (Å²) in [6.45, 7) is 19.6. The second-order valence-electron chi connectivity index (χ2n) is 9.06. The van der Waals surface area contributed by atoms with E-state index in [2.05, 4.69) is 50.8 Å². The highest BCUT2D eigenvalue weighted by atomic mass is 16.2. The first-order chi connectivity index (χ1) is 15.6. The first-order valence-electron chi connectivity index (χ1n) is 11.5. The number of allylic oxidation sites excluding steroid dienone is 5. The number of carbonyl (C=O) groups is 3. The van der Waals surface area contributed by atoms with Crippen LogP contribution in [0, 0.1) is 5.92 Å². The van der Waals surface area contributed by atoms with Gasteiger partial charge in [-0.3, -0.25) is 14.4 Å². The van der Waals surface area contributed by atoms with E-state index in [0.717, 1.165) is 19.3 Å². The van der Waals surface area contributed by atoms with Crippen LogP contribution >= 0.6 is 0 Å². The molecule has 1 aliphatic carbocycles. The van der Waals surface area contributed by atoms with Crippen LogP contribution in [-0.2, 0) is 14.4 Å². The number of hydrogen-bond donors (Lipinski definition) is 2. The number of hydrogen-bond acceptors (Lipinski definition) is 3. The molecular weight excluding hydrogens is 414 g/mol. The van der Waals surface area contributed by atoms with Crippen molar-refractivity contribution in [1.29, 1.82) is 0 Å². The van der Waals surface area contributed by atoms with E-state index in [0.29, 0.717) is 47.6 Å². The molecule has 1 heterocycles. The SMILES string of the molecule is C=CC1=C(C=C)C(NC(=O)C2(NC(=O)CCC(C)C)CCCC2)C(=O)N(C)C(C=C)=C1C=C. The Bertz CT molecular complexity index is 917. The fourth-order valence-electron chi connectivity index (χ4n) is 4.54. The normalized spacial score (nSPS) is 20.4. The summed E-state index contributed by atoms with van der Waals surface area (Å²) < 4.78 is 0. The highest BCUT2D eigenvalue weighted by Gasteiger charge is 2.45. The number of nitrogens with zero attached hydrogens (tertiary/aromatic N) is 1. The summed E-state index contributed by atoms with van der Waals surface area (Å²) in [5.41, 5.74) is 1.41. The zero-order chi connectivity index (χ0) is 24.8. The van der Waals surface area contributed by atoms with Gasteiger partial charge >= 0.3 is 0 Å².